The Bertz CT molecular complexity index is 491. The van der Waals surface area contributed by atoms with Gasteiger partial charge >= 0.3 is 0 Å². The molecule has 2 rings (SSSR count). The molecule has 0 aliphatic heterocycles. The van der Waals surface area contributed by atoms with Crippen molar-refractivity contribution in [2.45, 2.75) is 4.90 Å². The Morgan fingerprint density at radius 2 is 2.24 bits per heavy atom. The molecule has 1 heterocycles. The highest BCUT2D eigenvalue weighted by molar-refractivity contribution is 8.00. The van der Waals surface area contributed by atoms with E-state index in [0.717, 1.165) is 10.6 Å². The van der Waals surface area contributed by atoms with E-state index in [1.807, 2.05) is 24.3 Å². The zero-order chi connectivity index (χ0) is 12.1. The van der Waals surface area contributed by atoms with Crippen LogP contribution in [0.15, 0.2) is 52.0 Å². The smallest absolute Gasteiger partial charge is 0.208 e. The van der Waals surface area contributed by atoms with E-state index in [1.54, 1.807) is 19.2 Å². The molecule has 1 aromatic carbocycles. The lowest BCUT2D eigenvalue weighted by Gasteiger charge is -2.03. The van der Waals surface area contributed by atoms with Crippen molar-refractivity contribution in [1.82, 2.24) is 0 Å². The van der Waals surface area contributed by atoms with Gasteiger partial charge in [0, 0.05) is 4.90 Å². The highest BCUT2D eigenvalue weighted by Crippen LogP contribution is 2.23. The lowest BCUT2D eigenvalue weighted by Crippen LogP contribution is -2.00. The van der Waals surface area contributed by atoms with Crippen molar-refractivity contribution >= 4 is 17.5 Å². The molecule has 0 fully saturated rings. The number of Topliss-reactive ketones (excluding diaryl/α,β-unsaturated/α-hetero) is 1. The van der Waals surface area contributed by atoms with Crippen molar-refractivity contribution in [1.29, 1.82) is 0 Å². The van der Waals surface area contributed by atoms with Crippen LogP contribution >= 0.6 is 11.8 Å². The summed E-state index contributed by atoms with van der Waals surface area (Å²) in [6, 6.07) is 11.0. The Kier molecular flexibility index (Phi) is 3.88. The Labute approximate surface area is 104 Å². The minimum Gasteiger partial charge on any atom is -0.497 e. The van der Waals surface area contributed by atoms with Gasteiger partial charge in [-0.3, -0.25) is 4.79 Å². The first-order chi connectivity index (χ1) is 8.29. The van der Waals surface area contributed by atoms with Crippen LogP contribution in [0.5, 0.6) is 5.75 Å². The summed E-state index contributed by atoms with van der Waals surface area (Å²) in [7, 11) is 1.62. The lowest BCUT2D eigenvalue weighted by molar-refractivity contribution is 0.0992. The predicted octanol–water partition coefficient (Wildman–Crippen LogP) is 3.26. The van der Waals surface area contributed by atoms with Gasteiger partial charge in [0.15, 0.2) is 5.76 Å². The Balaban J connectivity index is 1.95. The molecular weight excluding hydrogens is 236 g/mol. The average molecular weight is 248 g/mol. The monoisotopic (exact) mass is 248 g/mol. The van der Waals surface area contributed by atoms with Crippen LogP contribution < -0.4 is 4.74 Å². The molecule has 0 aliphatic rings. The number of hydrogen-bond donors (Lipinski definition) is 0. The molecule has 0 unspecified atom stereocenters. The SMILES string of the molecule is COc1cccc(SCC(=O)c2ccco2)c1. The van der Waals surface area contributed by atoms with Gasteiger partial charge in [0.05, 0.1) is 19.1 Å². The fraction of sp³-hybridized carbons (Fsp3) is 0.154. The largest absolute Gasteiger partial charge is 0.497 e. The van der Waals surface area contributed by atoms with Crippen LogP contribution in [0.3, 0.4) is 0 Å². The lowest BCUT2D eigenvalue weighted by atomic mass is 10.3. The van der Waals surface area contributed by atoms with Crippen LogP contribution in [-0.2, 0) is 0 Å². The molecule has 0 saturated carbocycles. The molecule has 2 aromatic rings. The van der Waals surface area contributed by atoms with Crippen LogP contribution in [0.4, 0.5) is 0 Å². The molecule has 4 heteroatoms. The second-order valence-electron chi connectivity index (χ2n) is 3.37. The standard InChI is InChI=1S/C13H12O3S/c1-15-10-4-2-5-11(8-10)17-9-12(14)13-6-3-7-16-13/h2-8H,9H2,1H3. The number of carbonyl (C=O) groups is 1. The van der Waals surface area contributed by atoms with E-state index < -0.39 is 0 Å². The quantitative estimate of drug-likeness (QED) is 0.601. The van der Waals surface area contributed by atoms with Gasteiger partial charge in [0.25, 0.3) is 0 Å². The van der Waals surface area contributed by atoms with E-state index >= 15 is 0 Å². The van der Waals surface area contributed by atoms with Crippen molar-refractivity contribution in [3.8, 4) is 5.75 Å². The van der Waals surface area contributed by atoms with Crippen LogP contribution in [-0.4, -0.2) is 18.6 Å². The molecule has 3 nitrogen and oxygen atoms in total. The molecule has 0 spiro atoms. The number of thioether (sulfide) groups is 1. The molecule has 0 aliphatic carbocycles. The van der Waals surface area contributed by atoms with E-state index in [2.05, 4.69) is 0 Å². The van der Waals surface area contributed by atoms with Crippen molar-refractivity contribution in [2.75, 3.05) is 12.9 Å². The second kappa shape index (κ2) is 5.59. The zero-order valence-corrected chi connectivity index (χ0v) is 10.2. The van der Waals surface area contributed by atoms with Crippen LogP contribution in [0.1, 0.15) is 10.6 Å². The fourth-order valence-corrected chi connectivity index (χ4v) is 2.16. The maximum absolute atomic E-state index is 11.7. The maximum Gasteiger partial charge on any atom is 0.208 e. The van der Waals surface area contributed by atoms with E-state index in [4.69, 9.17) is 9.15 Å². The summed E-state index contributed by atoms with van der Waals surface area (Å²) in [6.45, 7) is 0. The molecule has 88 valence electrons. The van der Waals surface area contributed by atoms with Gasteiger partial charge in [-0.15, -0.1) is 11.8 Å². The number of ether oxygens (including phenoxy) is 1. The molecule has 17 heavy (non-hydrogen) atoms. The van der Waals surface area contributed by atoms with Gasteiger partial charge < -0.3 is 9.15 Å². The summed E-state index contributed by atoms with van der Waals surface area (Å²) < 4.78 is 10.2. The van der Waals surface area contributed by atoms with Crippen LogP contribution in [0.25, 0.3) is 0 Å². The third kappa shape index (κ3) is 3.14. The number of furan rings is 1. The molecular formula is C13H12O3S. The Hall–Kier alpha value is -1.68. The molecule has 0 saturated heterocycles. The van der Waals surface area contributed by atoms with Crippen molar-refractivity contribution < 1.29 is 13.9 Å². The van der Waals surface area contributed by atoms with E-state index in [0.29, 0.717) is 11.5 Å². The molecule has 0 radical (unpaired) electrons. The van der Waals surface area contributed by atoms with Gasteiger partial charge in [0.2, 0.25) is 5.78 Å². The molecule has 0 N–H and O–H groups in total. The summed E-state index contributed by atoms with van der Waals surface area (Å²) >= 11 is 1.47. The number of rotatable bonds is 5. The van der Waals surface area contributed by atoms with Gasteiger partial charge in [-0.25, -0.2) is 0 Å². The first-order valence-electron chi connectivity index (χ1n) is 5.13. The first kappa shape index (κ1) is 11.8. The average Bonchev–Trinajstić information content (AvgIpc) is 2.90. The number of hydrogen-bond acceptors (Lipinski definition) is 4. The third-order valence-electron chi connectivity index (χ3n) is 2.21. The normalized spacial score (nSPS) is 10.2. The van der Waals surface area contributed by atoms with Crippen molar-refractivity contribution in [2.24, 2.45) is 0 Å². The maximum atomic E-state index is 11.7. The minimum atomic E-state index is -0.0113. The second-order valence-corrected chi connectivity index (χ2v) is 4.42. The minimum absolute atomic E-state index is 0.0113. The Morgan fingerprint density at radius 3 is 2.94 bits per heavy atom. The number of carbonyl (C=O) groups excluding carboxylic acids is 1. The summed E-state index contributed by atoms with van der Waals surface area (Å²) in [5.41, 5.74) is 0. The van der Waals surface area contributed by atoms with Gasteiger partial charge in [-0.1, -0.05) is 6.07 Å². The van der Waals surface area contributed by atoms with Crippen LogP contribution in [0.2, 0.25) is 0 Å². The number of methoxy groups -OCH3 is 1. The van der Waals surface area contributed by atoms with E-state index in [-0.39, 0.29) is 5.78 Å². The highest BCUT2D eigenvalue weighted by atomic mass is 32.2. The van der Waals surface area contributed by atoms with Crippen LogP contribution in [0, 0.1) is 0 Å². The molecule has 1 aromatic heterocycles. The van der Waals surface area contributed by atoms with Crippen molar-refractivity contribution in [3.05, 3.63) is 48.4 Å². The van der Waals surface area contributed by atoms with Gasteiger partial charge in [-0.05, 0) is 30.3 Å². The number of benzene rings is 1. The topological polar surface area (TPSA) is 39.4 Å². The molecule has 0 bridgehead atoms. The zero-order valence-electron chi connectivity index (χ0n) is 9.38. The van der Waals surface area contributed by atoms with E-state index in [9.17, 15) is 4.79 Å². The third-order valence-corrected chi connectivity index (χ3v) is 3.20. The summed E-state index contributed by atoms with van der Waals surface area (Å²) in [4.78, 5) is 12.7. The summed E-state index contributed by atoms with van der Waals surface area (Å²) in [5, 5.41) is 0. The molecule has 0 atom stereocenters. The summed E-state index contributed by atoms with van der Waals surface area (Å²) in [5.74, 6) is 1.55. The fourth-order valence-electron chi connectivity index (χ4n) is 1.35. The van der Waals surface area contributed by atoms with Gasteiger partial charge in [-0.2, -0.15) is 0 Å². The molecule has 0 amide bonds. The Morgan fingerprint density at radius 1 is 1.35 bits per heavy atom. The van der Waals surface area contributed by atoms with E-state index in [1.165, 1.54) is 18.0 Å². The summed E-state index contributed by atoms with van der Waals surface area (Å²) in [6.07, 6.45) is 1.50. The first-order valence-corrected chi connectivity index (χ1v) is 6.11. The number of ketones is 1. The predicted molar refractivity (Wildman–Crippen MR) is 66.8 cm³/mol. The van der Waals surface area contributed by atoms with Crippen molar-refractivity contribution in [3.63, 3.8) is 0 Å². The van der Waals surface area contributed by atoms with Gasteiger partial charge in [0.1, 0.15) is 5.75 Å². The highest BCUT2D eigenvalue weighted by Gasteiger charge is 2.09.